The van der Waals surface area contributed by atoms with Gasteiger partial charge in [-0.3, -0.25) is 4.79 Å². The number of hydrogen-bond acceptors (Lipinski definition) is 3. The summed E-state index contributed by atoms with van der Waals surface area (Å²) in [5.74, 6) is 0.977. The van der Waals surface area contributed by atoms with Gasteiger partial charge in [-0.2, -0.15) is 0 Å². The first-order chi connectivity index (χ1) is 10.6. The van der Waals surface area contributed by atoms with E-state index < -0.39 is 0 Å². The molecule has 116 valence electrons. The maximum atomic E-state index is 12.5. The predicted molar refractivity (Wildman–Crippen MR) is 88.1 cm³/mol. The molecule has 2 rings (SSSR count). The molecule has 0 aliphatic carbocycles. The van der Waals surface area contributed by atoms with Gasteiger partial charge in [0.1, 0.15) is 0 Å². The minimum atomic E-state index is -0.162. The molecule has 4 nitrogen and oxygen atoms in total. The van der Waals surface area contributed by atoms with Crippen LogP contribution in [0.3, 0.4) is 0 Å². The maximum absolute atomic E-state index is 12.5. The normalized spacial score (nSPS) is 10.2. The molecular weight excluding hydrogens is 278 g/mol. The zero-order valence-corrected chi connectivity index (χ0v) is 13.4. The van der Waals surface area contributed by atoms with Gasteiger partial charge in [0.25, 0.3) is 5.91 Å². The van der Waals surface area contributed by atoms with Crippen molar-refractivity contribution in [3.63, 3.8) is 0 Å². The molecule has 0 aromatic heterocycles. The fourth-order valence-electron chi connectivity index (χ4n) is 2.37. The van der Waals surface area contributed by atoms with Crippen LogP contribution in [0.25, 0.3) is 0 Å². The van der Waals surface area contributed by atoms with Crippen LogP contribution >= 0.6 is 0 Å². The van der Waals surface area contributed by atoms with E-state index in [4.69, 9.17) is 9.47 Å². The number of aryl methyl sites for hydroxylation is 2. The standard InChI is InChI=1S/C18H21NO3/c1-5-13-8-6-7-12(2)17(13)19-18(20)14-9-10-15(21-3)16(11-14)22-4/h6-11H,5H2,1-4H3,(H,19,20). The Morgan fingerprint density at radius 3 is 2.45 bits per heavy atom. The number of ether oxygens (including phenoxy) is 2. The molecule has 0 bridgehead atoms. The van der Waals surface area contributed by atoms with Gasteiger partial charge in [0.15, 0.2) is 11.5 Å². The van der Waals surface area contributed by atoms with Crippen molar-refractivity contribution in [1.29, 1.82) is 0 Å². The quantitative estimate of drug-likeness (QED) is 0.913. The molecular formula is C18H21NO3. The Labute approximate surface area is 131 Å². The van der Waals surface area contributed by atoms with E-state index in [0.717, 1.165) is 23.2 Å². The number of carbonyl (C=O) groups is 1. The van der Waals surface area contributed by atoms with Crippen molar-refractivity contribution in [1.82, 2.24) is 0 Å². The highest BCUT2D eigenvalue weighted by atomic mass is 16.5. The summed E-state index contributed by atoms with van der Waals surface area (Å²) in [5.41, 5.74) is 3.58. The van der Waals surface area contributed by atoms with Crippen molar-refractivity contribution >= 4 is 11.6 Å². The van der Waals surface area contributed by atoms with Crippen molar-refractivity contribution in [3.8, 4) is 11.5 Å². The fraction of sp³-hybridized carbons (Fsp3) is 0.278. The molecule has 1 N–H and O–H groups in total. The summed E-state index contributed by atoms with van der Waals surface area (Å²) >= 11 is 0. The molecule has 0 aliphatic rings. The van der Waals surface area contributed by atoms with Crippen molar-refractivity contribution in [2.45, 2.75) is 20.3 Å². The smallest absolute Gasteiger partial charge is 0.255 e. The van der Waals surface area contributed by atoms with Crippen LogP contribution in [0.2, 0.25) is 0 Å². The fourth-order valence-corrected chi connectivity index (χ4v) is 2.37. The lowest BCUT2D eigenvalue weighted by Crippen LogP contribution is -2.14. The lowest BCUT2D eigenvalue weighted by Gasteiger charge is -2.14. The average molecular weight is 299 g/mol. The van der Waals surface area contributed by atoms with E-state index in [1.54, 1.807) is 32.4 Å². The molecule has 2 aromatic rings. The highest BCUT2D eigenvalue weighted by Crippen LogP contribution is 2.28. The van der Waals surface area contributed by atoms with Crippen molar-refractivity contribution in [2.24, 2.45) is 0 Å². The molecule has 0 spiro atoms. The molecule has 0 fully saturated rings. The monoisotopic (exact) mass is 299 g/mol. The third-order valence-electron chi connectivity index (χ3n) is 3.62. The predicted octanol–water partition coefficient (Wildman–Crippen LogP) is 3.83. The molecule has 1 amide bonds. The van der Waals surface area contributed by atoms with E-state index in [0.29, 0.717) is 17.1 Å². The number of carbonyl (C=O) groups excluding carboxylic acids is 1. The summed E-state index contributed by atoms with van der Waals surface area (Å²) in [6.07, 6.45) is 0.864. The Kier molecular flexibility index (Phi) is 5.04. The third-order valence-corrected chi connectivity index (χ3v) is 3.62. The number of hydrogen-bond donors (Lipinski definition) is 1. The lowest BCUT2D eigenvalue weighted by atomic mass is 10.1. The number of amides is 1. The second kappa shape index (κ2) is 6.98. The van der Waals surface area contributed by atoms with Gasteiger partial charge in [-0.1, -0.05) is 25.1 Å². The lowest BCUT2D eigenvalue weighted by molar-refractivity contribution is 0.102. The van der Waals surface area contributed by atoms with Crippen LogP contribution < -0.4 is 14.8 Å². The molecule has 0 heterocycles. The molecule has 22 heavy (non-hydrogen) atoms. The second-order valence-electron chi connectivity index (χ2n) is 4.99. The van der Waals surface area contributed by atoms with Crippen LogP contribution in [0.1, 0.15) is 28.4 Å². The van der Waals surface area contributed by atoms with Crippen LogP contribution in [-0.2, 0) is 6.42 Å². The van der Waals surface area contributed by atoms with Crippen molar-refractivity contribution in [3.05, 3.63) is 53.1 Å². The number of benzene rings is 2. The summed E-state index contributed by atoms with van der Waals surface area (Å²) < 4.78 is 10.4. The third kappa shape index (κ3) is 3.22. The van der Waals surface area contributed by atoms with E-state index in [9.17, 15) is 4.79 Å². The zero-order chi connectivity index (χ0) is 16.1. The van der Waals surface area contributed by atoms with Gasteiger partial charge in [0.2, 0.25) is 0 Å². The topological polar surface area (TPSA) is 47.6 Å². The van der Waals surface area contributed by atoms with E-state index >= 15 is 0 Å². The number of methoxy groups -OCH3 is 2. The summed E-state index contributed by atoms with van der Waals surface area (Å²) in [5, 5.41) is 3.00. The van der Waals surface area contributed by atoms with Gasteiger partial charge >= 0.3 is 0 Å². The molecule has 4 heteroatoms. The average Bonchev–Trinajstić information content (AvgIpc) is 2.55. The van der Waals surface area contributed by atoms with E-state index in [2.05, 4.69) is 12.2 Å². The first kappa shape index (κ1) is 15.9. The summed E-state index contributed by atoms with van der Waals surface area (Å²) in [4.78, 5) is 12.5. The Morgan fingerprint density at radius 1 is 1.09 bits per heavy atom. The van der Waals surface area contributed by atoms with Crippen LogP contribution in [0, 0.1) is 6.92 Å². The summed E-state index contributed by atoms with van der Waals surface area (Å²) in [7, 11) is 3.12. The molecule has 0 radical (unpaired) electrons. The van der Waals surface area contributed by atoms with Gasteiger partial charge < -0.3 is 14.8 Å². The number of nitrogens with one attached hydrogen (secondary N) is 1. The molecule has 2 aromatic carbocycles. The Hall–Kier alpha value is -2.49. The first-order valence-electron chi connectivity index (χ1n) is 7.22. The second-order valence-corrected chi connectivity index (χ2v) is 4.99. The van der Waals surface area contributed by atoms with Gasteiger partial charge in [-0.25, -0.2) is 0 Å². The highest BCUT2D eigenvalue weighted by Gasteiger charge is 2.13. The summed E-state index contributed by atoms with van der Waals surface area (Å²) in [6.45, 7) is 4.06. The van der Waals surface area contributed by atoms with E-state index in [1.165, 1.54) is 0 Å². The van der Waals surface area contributed by atoms with Gasteiger partial charge in [0.05, 0.1) is 14.2 Å². The maximum Gasteiger partial charge on any atom is 0.255 e. The SMILES string of the molecule is CCc1cccc(C)c1NC(=O)c1ccc(OC)c(OC)c1. The minimum Gasteiger partial charge on any atom is -0.493 e. The van der Waals surface area contributed by atoms with E-state index in [-0.39, 0.29) is 5.91 Å². The zero-order valence-electron chi connectivity index (χ0n) is 13.4. The first-order valence-corrected chi connectivity index (χ1v) is 7.22. The van der Waals surface area contributed by atoms with Gasteiger partial charge in [-0.15, -0.1) is 0 Å². The number of rotatable bonds is 5. The van der Waals surface area contributed by atoms with Crippen molar-refractivity contribution < 1.29 is 14.3 Å². The van der Waals surface area contributed by atoms with Crippen LogP contribution in [0.5, 0.6) is 11.5 Å². The number of para-hydroxylation sites is 1. The van der Waals surface area contributed by atoms with Crippen molar-refractivity contribution in [2.75, 3.05) is 19.5 Å². The van der Waals surface area contributed by atoms with Gasteiger partial charge in [-0.05, 0) is 42.7 Å². The van der Waals surface area contributed by atoms with Gasteiger partial charge in [0, 0.05) is 11.3 Å². The molecule has 0 saturated carbocycles. The molecule has 0 atom stereocenters. The van der Waals surface area contributed by atoms with Crippen LogP contribution in [0.15, 0.2) is 36.4 Å². The highest BCUT2D eigenvalue weighted by molar-refractivity contribution is 6.05. The van der Waals surface area contributed by atoms with E-state index in [1.807, 2.05) is 25.1 Å². The molecule has 0 unspecified atom stereocenters. The largest absolute Gasteiger partial charge is 0.493 e. The Morgan fingerprint density at radius 2 is 1.82 bits per heavy atom. The Balaban J connectivity index is 2.30. The molecule has 0 aliphatic heterocycles. The van der Waals surface area contributed by atoms with Crippen LogP contribution in [0.4, 0.5) is 5.69 Å². The molecule has 0 saturated heterocycles. The summed E-state index contributed by atoms with van der Waals surface area (Å²) in [6, 6.07) is 11.1. The van der Waals surface area contributed by atoms with Crippen LogP contribution in [-0.4, -0.2) is 20.1 Å². The minimum absolute atomic E-state index is 0.162. The Bertz CT molecular complexity index is 680. The number of anilines is 1.